The highest BCUT2D eigenvalue weighted by Gasteiger charge is 2.18. The van der Waals surface area contributed by atoms with Crippen LogP contribution in [0.15, 0.2) is 88.4 Å². The van der Waals surface area contributed by atoms with Crippen LogP contribution in [0.1, 0.15) is 32.2 Å². The molecule has 0 saturated heterocycles. The van der Waals surface area contributed by atoms with E-state index in [0.29, 0.717) is 11.1 Å². The average Bonchev–Trinajstić information content (AvgIpc) is 3.42. The topological polar surface area (TPSA) is 88.6 Å². The van der Waals surface area contributed by atoms with Crippen molar-refractivity contribution in [3.8, 4) is 0 Å². The first-order valence-corrected chi connectivity index (χ1v) is 11.3. The SMILES string of the molecule is Cc1c(C(=O)NNC(=O)c2ccc(SCc3cn4ccccc4n3)cc2)oc2ccccc12. The largest absolute Gasteiger partial charge is 0.451 e. The molecule has 0 saturated carbocycles. The van der Waals surface area contributed by atoms with Gasteiger partial charge in [0.2, 0.25) is 0 Å². The molecule has 0 fully saturated rings. The maximum absolute atomic E-state index is 12.5. The minimum atomic E-state index is -0.503. The number of rotatable bonds is 5. The number of carbonyl (C=O) groups excluding carboxylic acids is 2. The predicted molar refractivity (Wildman–Crippen MR) is 127 cm³/mol. The molecule has 5 rings (SSSR count). The van der Waals surface area contributed by atoms with Gasteiger partial charge in [-0.1, -0.05) is 24.3 Å². The van der Waals surface area contributed by atoms with Gasteiger partial charge in [-0.2, -0.15) is 0 Å². The molecule has 3 aromatic heterocycles. The Hall–Kier alpha value is -4.04. The number of benzene rings is 2. The molecule has 0 aliphatic heterocycles. The van der Waals surface area contributed by atoms with E-state index in [0.717, 1.165) is 32.9 Å². The number of nitrogens with zero attached hydrogens (tertiary/aromatic N) is 2. The first kappa shape index (κ1) is 20.8. The number of para-hydroxylation sites is 1. The third kappa shape index (κ3) is 4.33. The van der Waals surface area contributed by atoms with Crippen molar-refractivity contribution in [3.05, 3.63) is 102 Å². The summed E-state index contributed by atoms with van der Waals surface area (Å²) in [6, 6.07) is 20.5. The molecule has 2 amide bonds. The van der Waals surface area contributed by atoms with Crippen molar-refractivity contribution in [2.45, 2.75) is 17.6 Å². The summed E-state index contributed by atoms with van der Waals surface area (Å²) in [6.45, 7) is 1.81. The van der Waals surface area contributed by atoms with Crippen LogP contribution in [-0.4, -0.2) is 21.2 Å². The van der Waals surface area contributed by atoms with Gasteiger partial charge in [0, 0.05) is 39.6 Å². The Morgan fingerprint density at radius 2 is 1.73 bits per heavy atom. The highest BCUT2D eigenvalue weighted by Crippen LogP contribution is 2.25. The van der Waals surface area contributed by atoms with Crippen molar-refractivity contribution in [2.75, 3.05) is 0 Å². The van der Waals surface area contributed by atoms with Crippen LogP contribution in [0.5, 0.6) is 0 Å². The van der Waals surface area contributed by atoms with Gasteiger partial charge in [0.15, 0.2) is 5.76 Å². The summed E-state index contributed by atoms with van der Waals surface area (Å²) in [5.74, 6) is -0.0129. The number of aryl methyl sites for hydroxylation is 1. The van der Waals surface area contributed by atoms with Crippen LogP contribution in [-0.2, 0) is 5.75 Å². The number of nitrogens with one attached hydrogen (secondary N) is 2. The fraction of sp³-hybridized carbons (Fsp3) is 0.0800. The Kier molecular flexibility index (Phi) is 5.58. The van der Waals surface area contributed by atoms with E-state index in [1.165, 1.54) is 0 Å². The minimum absolute atomic E-state index is 0.176. The number of thioether (sulfide) groups is 1. The summed E-state index contributed by atoms with van der Waals surface area (Å²) in [4.78, 5) is 30.5. The molecular weight excluding hydrogens is 436 g/mol. The van der Waals surface area contributed by atoms with Crippen LogP contribution in [0.3, 0.4) is 0 Å². The van der Waals surface area contributed by atoms with E-state index in [-0.39, 0.29) is 5.76 Å². The van der Waals surface area contributed by atoms with E-state index in [1.807, 2.05) is 72.2 Å². The third-order valence-electron chi connectivity index (χ3n) is 5.26. The Balaban J connectivity index is 1.17. The zero-order valence-electron chi connectivity index (χ0n) is 17.7. The van der Waals surface area contributed by atoms with Gasteiger partial charge in [0.05, 0.1) is 5.69 Å². The van der Waals surface area contributed by atoms with Gasteiger partial charge in [-0.05, 0) is 49.4 Å². The zero-order chi connectivity index (χ0) is 22.8. The fourth-order valence-electron chi connectivity index (χ4n) is 3.55. The molecule has 164 valence electrons. The second-order valence-corrected chi connectivity index (χ2v) is 8.52. The van der Waals surface area contributed by atoms with E-state index in [1.54, 1.807) is 30.0 Å². The van der Waals surface area contributed by atoms with Crippen molar-refractivity contribution in [2.24, 2.45) is 0 Å². The Morgan fingerprint density at radius 3 is 2.52 bits per heavy atom. The Labute approximate surface area is 193 Å². The number of pyridine rings is 1. The molecule has 2 aromatic carbocycles. The number of hydrogen-bond donors (Lipinski definition) is 2. The second-order valence-electron chi connectivity index (χ2n) is 7.47. The normalized spacial score (nSPS) is 11.1. The van der Waals surface area contributed by atoms with Crippen LogP contribution in [0.2, 0.25) is 0 Å². The van der Waals surface area contributed by atoms with Gasteiger partial charge in [-0.3, -0.25) is 20.4 Å². The monoisotopic (exact) mass is 456 g/mol. The molecule has 5 aromatic rings. The van der Waals surface area contributed by atoms with Gasteiger partial charge in [-0.15, -0.1) is 11.8 Å². The van der Waals surface area contributed by atoms with Crippen LogP contribution >= 0.6 is 11.8 Å². The van der Waals surface area contributed by atoms with Gasteiger partial charge >= 0.3 is 5.91 Å². The lowest BCUT2D eigenvalue weighted by Gasteiger charge is -2.07. The van der Waals surface area contributed by atoms with Crippen LogP contribution in [0, 0.1) is 6.92 Å². The maximum Gasteiger partial charge on any atom is 0.305 e. The summed E-state index contributed by atoms with van der Waals surface area (Å²) in [5.41, 5.74) is 8.56. The fourth-order valence-corrected chi connectivity index (χ4v) is 4.33. The number of furan rings is 1. The van der Waals surface area contributed by atoms with Crippen LogP contribution in [0.4, 0.5) is 0 Å². The lowest BCUT2D eigenvalue weighted by atomic mass is 10.1. The number of imidazole rings is 1. The van der Waals surface area contributed by atoms with E-state index in [9.17, 15) is 9.59 Å². The van der Waals surface area contributed by atoms with E-state index in [2.05, 4.69) is 15.8 Å². The van der Waals surface area contributed by atoms with E-state index >= 15 is 0 Å². The maximum atomic E-state index is 12.5. The molecule has 3 heterocycles. The smallest absolute Gasteiger partial charge is 0.305 e. The minimum Gasteiger partial charge on any atom is -0.451 e. The first-order valence-electron chi connectivity index (χ1n) is 10.3. The van der Waals surface area contributed by atoms with Gasteiger partial charge in [0.1, 0.15) is 11.2 Å². The summed E-state index contributed by atoms with van der Waals surface area (Å²) >= 11 is 1.64. The molecule has 0 aliphatic carbocycles. The number of hydrogen-bond acceptors (Lipinski definition) is 5. The number of aromatic nitrogens is 2. The van der Waals surface area contributed by atoms with Crippen LogP contribution < -0.4 is 10.9 Å². The lowest BCUT2D eigenvalue weighted by Crippen LogP contribution is -2.41. The van der Waals surface area contributed by atoms with Crippen molar-refractivity contribution in [1.82, 2.24) is 20.2 Å². The molecular formula is C25H20N4O3S. The number of carbonyl (C=O) groups is 2. The van der Waals surface area contributed by atoms with E-state index < -0.39 is 11.8 Å². The van der Waals surface area contributed by atoms with Gasteiger partial charge < -0.3 is 8.82 Å². The molecule has 33 heavy (non-hydrogen) atoms. The third-order valence-corrected chi connectivity index (χ3v) is 6.30. The molecule has 0 unspecified atom stereocenters. The molecule has 7 nitrogen and oxygen atoms in total. The molecule has 0 bridgehead atoms. The molecule has 0 spiro atoms. The summed E-state index contributed by atoms with van der Waals surface area (Å²) in [5, 5.41) is 0.866. The highest BCUT2D eigenvalue weighted by molar-refractivity contribution is 7.98. The van der Waals surface area contributed by atoms with Crippen molar-refractivity contribution in [1.29, 1.82) is 0 Å². The quantitative estimate of drug-likeness (QED) is 0.294. The number of amides is 2. The summed E-state index contributed by atoms with van der Waals surface area (Å²) in [6.07, 6.45) is 3.98. The number of hydrazine groups is 1. The second kappa shape index (κ2) is 8.84. The Morgan fingerprint density at radius 1 is 0.970 bits per heavy atom. The van der Waals surface area contributed by atoms with Crippen molar-refractivity contribution >= 4 is 40.2 Å². The molecule has 0 atom stereocenters. The molecule has 8 heteroatoms. The molecule has 2 N–H and O–H groups in total. The zero-order valence-corrected chi connectivity index (χ0v) is 18.6. The van der Waals surface area contributed by atoms with Gasteiger partial charge in [0.25, 0.3) is 5.91 Å². The van der Waals surface area contributed by atoms with E-state index in [4.69, 9.17) is 4.42 Å². The average molecular weight is 457 g/mol. The lowest BCUT2D eigenvalue weighted by molar-refractivity contribution is 0.0831. The summed E-state index contributed by atoms with van der Waals surface area (Å²) < 4.78 is 7.61. The standard InChI is InChI=1S/C25H20N4O3S/c1-16-20-6-2-3-7-21(20)32-23(16)25(31)28-27-24(30)17-9-11-19(12-10-17)33-15-18-14-29-13-5-4-8-22(29)26-18/h2-14H,15H2,1H3,(H,27,30)(H,28,31). The number of fused-ring (bicyclic) bond motifs is 2. The summed E-state index contributed by atoms with van der Waals surface area (Å²) in [7, 11) is 0. The van der Waals surface area contributed by atoms with Crippen LogP contribution in [0.25, 0.3) is 16.6 Å². The Bertz CT molecular complexity index is 1440. The first-order chi connectivity index (χ1) is 16.1. The molecule has 0 radical (unpaired) electrons. The highest BCUT2D eigenvalue weighted by atomic mass is 32.2. The van der Waals surface area contributed by atoms with Crippen molar-refractivity contribution in [3.63, 3.8) is 0 Å². The van der Waals surface area contributed by atoms with Gasteiger partial charge in [-0.25, -0.2) is 4.98 Å². The van der Waals surface area contributed by atoms with Crippen molar-refractivity contribution < 1.29 is 14.0 Å². The molecule has 0 aliphatic rings. The predicted octanol–water partition coefficient (Wildman–Crippen LogP) is 4.76.